The van der Waals surface area contributed by atoms with Gasteiger partial charge in [0, 0.05) is 23.5 Å². The van der Waals surface area contributed by atoms with Crippen molar-refractivity contribution in [3.05, 3.63) is 94.3 Å². The second kappa shape index (κ2) is 8.11. The molecule has 0 fully saturated rings. The summed E-state index contributed by atoms with van der Waals surface area (Å²) in [6, 6.07) is 17.2. The summed E-state index contributed by atoms with van der Waals surface area (Å²) in [6.45, 7) is 4.49. The van der Waals surface area contributed by atoms with Crippen LogP contribution in [0.2, 0.25) is 0 Å². The molecule has 30 heavy (non-hydrogen) atoms. The molecule has 3 aromatic rings. The number of fused-ring (bicyclic) bond motifs is 1. The van der Waals surface area contributed by atoms with Crippen molar-refractivity contribution in [3.63, 3.8) is 0 Å². The number of nitrogens with zero attached hydrogens (tertiary/aromatic N) is 1. The van der Waals surface area contributed by atoms with Gasteiger partial charge < -0.3 is 10.2 Å². The van der Waals surface area contributed by atoms with Crippen LogP contribution in [0.25, 0.3) is 0 Å². The maximum Gasteiger partial charge on any atom is 0.261 e. The van der Waals surface area contributed by atoms with Crippen LogP contribution in [-0.4, -0.2) is 18.4 Å². The summed E-state index contributed by atoms with van der Waals surface area (Å²) in [7, 11) is 0. The van der Waals surface area contributed by atoms with Crippen LogP contribution in [0.1, 0.15) is 43.8 Å². The van der Waals surface area contributed by atoms with Crippen LogP contribution < -0.4 is 10.2 Å². The van der Waals surface area contributed by atoms with Crippen molar-refractivity contribution in [2.75, 3.05) is 16.8 Å². The van der Waals surface area contributed by atoms with E-state index in [-0.39, 0.29) is 17.4 Å². The molecule has 0 unspecified atom stereocenters. The van der Waals surface area contributed by atoms with E-state index in [0.717, 1.165) is 40.9 Å². The zero-order valence-electron chi connectivity index (χ0n) is 17.0. The summed E-state index contributed by atoms with van der Waals surface area (Å²) in [5.74, 6) is -1.08. The minimum atomic E-state index is -0.529. The van der Waals surface area contributed by atoms with Gasteiger partial charge in [0.2, 0.25) is 0 Å². The van der Waals surface area contributed by atoms with E-state index in [9.17, 15) is 14.0 Å². The Morgan fingerprint density at radius 2 is 1.80 bits per heavy atom. The van der Waals surface area contributed by atoms with E-state index in [2.05, 4.69) is 5.32 Å². The zero-order chi connectivity index (χ0) is 21.3. The Balaban J connectivity index is 1.59. The lowest BCUT2D eigenvalue weighted by Crippen LogP contribution is -2.36. The topological polar surface area (TPSA) is 49.4 Å². The molecule has 1 aliphatic heterocycles. The molecule has 0 radical (unpaired) electrons. The average molecular weight is 402 g/mol. The molecule has 0 saturated carbocycles. The fraction of sp³-hybridized carbons (Fsp3) is 0.200. The van der Waals surface area contributed by atoms with Gasteiger partial charge in [-0.2, -0.15) is 0 Å². The fourth-order valence-electron chi connectivity index (χ4n) is 3.88. The Kier molecular flexibility index (Phi) is 5.36. The molecule has 0 saturated heterocycles. The lowest BCUT2D eigenvalue weighted by atomic mass is 9.98. The number of hydrogen-bond acceptors (Lipinski definition) is 2. The number of benzene rings is 3. The molecule has 0 bridgehead atoms. The number of hydrogen-bond donors (Lipinski definition) is 1. The Morgan fingerprint density at radius 1 is 1.00 bits per heavy atom. The third-order valence-corrected chi connectivity index (χ3v) is 5.44. The van der Waals surface area contributed by atoms with Crippen molar-refractivity contribution >= 4 is 23.2 Å². The SMILES string of the molecule is Cc1ccc(NC(=O)c2ccc3c(c2)CCCN3C(=O)c2ccccc2F)c(C)c1. The highest BCUT2D eigenvalue weighted by molar-refractivity contribution is 6.08. The van der Waals surface area contributed by atoms with Crippen LogP contribution in [0.5, 0.6) is 0 Å². The molecule has 0 atom stereocenters. The number of carbonyl (C=O) groups is 2. The van der Waals surface area contributed by atoms with E-state index in [0.29, 0.717) is 12.1 Å². The van der Waals surface area contributed by atoms with Crippen molar-refractivity contribution in [3.8, 4) is 0 Å². The van der Waals surface area contributed by atoms with Crippen LogP contribution >= 0.6 is 0 Å². The summed E-state index contributed by atoms with van der Waals surface area (Å²) in [6.07, 6.45) is 1.52. The molecule has 1 N–H and O–H groups in total. The summed E-state index contributed by atoms with van der Waals surface area (Å²) < 4.78 is 14.1. The van der Waals surface area contributed by atoms with Gasteiger partial charge in [-0.3, -0.25) is 9.59 Å². The van der Waals surface area contributed by atoms with Crippen molar-refractivity contribution in [1.29, 1.82) is 0 Å². The Morgan fingerprint density at radius 3 is 2.57 bits per heavy atom. The van der Waals surface area contributed by atoms with Gasteiger partial charge in [-0.15, -0.1) is 0 Å². The summed E-state index contributed by atoms with van der Waals surface area (Å²) in [5.41, 5.74) is 5.16. The monoisotopic (exact) mass is 402 g/mol. The minimum Gasteiger partial charge on any atom is -0.322 e. The summed E-state index contributed by atoms with van der Waals surface area (Å²) >= 11 is 0. The van der Waals surface area contributed by atoms with Crippen LogP contribution in [0.4, 0.5) is 15.8 Å². The average Bonchev–Trinajstić information content (AvgIpc) is 2.74. The molecule has 0 spiro atoms. The summed E-state index contributed by atoms with van der Waals surface area (Å²) in [4.78, 5) is 27.3. The molecule has 4 nitrogen and oxygen atoms in total. The summed E-state index contributed by atoms with van der Waals surface area (Å²) in [5, 5.41) is 2.96. The third-order valence-electron chi connectivity index (χ3n) is 5.44. The largest absolute Gasteiger partial charge is 0.322 e. The molecular weight excluding hydrogens is 379 g/mol. The molecule has 4 rings (SSSR count). The molecule has 2 amide bonds. The number of carbonyl (C=O) groups excluding carboxylic acids is 2. The van der Waals surface area contributed by atoms with Gasteiger partial charge in [0.25, 0.3) is 11.8 Å². The fourth-order valence-corrected chi connectivity index (χ4v) is 3.88. The quantitative estimate of drug-likeness (QED) is 0.647. The number of nitrogens with one attached hydrogen (secondary N) is 1. The van der Waals surface area contributed by atoms with E-state index in [1.807, 2.05) is 38.1 Å². The van der Waals surface area contributed by atoms with Gasteiger partial charge in [-0.05, 0) is 74.2 Å². The van der Waals surface area contributed by atoms with Gasteiger partial charge in [-0.1, -0.05) is 29.8 Å². The second-order valence-electron chi connectivity index (χ2n) is 7.66. The highest BCUT2D eigenvalue weighted by atomic mass is 19.1. The highest BCUT2D eigenvalue weighted by Crippen LogP contribution is 2.30. The Bertz CT molecular complexity index is 1140. The number of rotatable bonds is 3. The van der Waals surface area contributed by atoms with Crippen LogP contribution in [0.15, 0.2) is 60.7 Å². The van der Waals surface area contributed by atoms with Crippen LogP contribution in [0.3, 0.4) is 0 Å². The zero-order valence-corrected chi connectivity index (χ0v) is 17.0. The van der Waals surface area contributed by atoms with E-state index in [4.69, 9.17) is 0 Å². The predicted octanol–water partition coefficient (Wildman–Crippen LogP) is 5.29. The first-order valence-corrected chi connectivity index (χ1v) is 10.0. The number of halogens is 1. The molecular formula is C25H23FN2O2. The number of amides is 2. The molecule has 152 valence electrons. The minimum absolute atomic E-state index is 0.0574. The third kappa shape index (κ3) is 3.83. The molecule has 3 aromatic carbocycles. The Labute approximate surface area is 175 Å². The van der Waals surface area contributed by atoms with Crippen LogP contribution in [-0.2, 0) is 6.42 Å². The van der Waals surface area contributed by atoms with Crippen molar-refractivity contribution in [2.45, 2.75) is 26.7 Å². The normalized spacial score (nSPS) is 13.0. The first-order valence-electron chi connectivity index (χ1n) is 10.0. The molecule has 1 aliphatic rings. The van der Waals surface area contributed by atoms with E-state index < -0.39 is 5.82 Å². The van der Waals surface area contributed by atoms with Crippen molar-refractivity contribution in [1.82, 2.24) is 0 Å². The molecule has 1 heterocycles. The smallest absolute Gasteiger partial charge is 0.261 e. The lowest BCUT2D eigenvalue weighted by Gasteiger charge is -2.30. The second-order valence-corrected chi connectivity index (χ2v) is 7.66. The first-order chi connectivity index (χ1) is 14.4. The highest BCUT2D eigenvalue weighted by Gasteiger charge is 2.26. The lowest BCUT2D eigenvalue weighted by molar-refractivity contribution is 0.0980. The number of anilines is 2. The van der Waals surface area contributed by atoms with Gasteiger partial charge >= 0.3 is 0 Å². The van der Waals surface area contributed by atoms with Crippen molar-refractivity contribution < 1.29 is 14.0 Å². The van der Waals surface area contributed by atoms with Gasteiger partial charge in [0.05, 0.1) is 5.56 Å². The maximum absolute atomic E-state index is 14.1. The van der Waals surface area contributed by atoms with Crippen molar-refractivity contribution in [2.24, 2.45) is 0 Å². The first kappa shape index (κ1) is 19.8. The standard InChI is InChI=1S/C25H23FN2O2/c1-16-9-11-22(17(2)14-16)27-24(29)19-10-12-23-18(15-19)6-5-13-28(23)25(30)20-7-3-4-8-21(20)26/h3-4,7-12,14-15H,5-6,13H2,1-2H3,(H,27,29). The predicted molar refractivity (Wildman–Crippen MR) is 117 cm³/mol. The maximum atomic E-state index is 14.1. The van der Waals surface area contributed by atoms with Gasteiger partial charge in [0.1, 0.15) is 5.82 Å². The van der Waals surface area contributed by atoms with E-state index in [1.165, 1.54) is 12.1 Å². The van der Waals surface area contributed by atoms with E-state index >= 15 is 0 Å². The van der Waals surface area contributed by atoms with Gasteiger partial charge in [0.15, 0.2) is 0 Å². The molecule has 5 heteroatoms. The van der Waals surface area contributed by atoms with Gasteiger partial charge in [-0.25, -0.2) is 4.39 Å². The number of aryl methyl sites for hydroxylation is 3. The van der Waals surface area contributed by atoms with Crippen LogP contribution in [0, 0.1) is 19.7 Å². The molecule has 0 aliphatic carbocycles. The Hall–Kier alpha value is -3.47. The van der Waals surface area contributed by atoms with E-state index in [1.54, 1.807) is 29.2 Å². The molecule has 0 aromatic heterocycles.